The van der Waals surface area contributed by atoms with E-state index in [0.29, 0.717) is 33.1 Å². The van der Waals surface area contributed by atoms with Crippen molar-refractivity contribution in [2.24, 2.45) is 0 Å². The molecule has 0 fully saturated rings. The molecule has 1 unspecified atom stereocenters. The van der Waals surface area contributed by atoms with E-state index in [1.165, 1.54) is 20.3 Å². The van der Waals surface area contributed by atoms with E-state index >= 15 is 0 Å². The lowest BCUT2D eigenvalue weighted by Crippen LogP contribution is -2.30. The second-order valence-electron chi connectivity index (χ2n) is 8.61. The van der Waals surface area contributed by atoms with Crippen molar-refractivity contribution >= 4 is 33.7 Å². The molecule has 6 rings (SSSR count). The van der Waals surface area contributed by atoms with Gasteiger partial charge < -0.3 is 11.1 Å². The number of thiazole rings is 1. The van der Waals surface area contributed by atoms with Crippen LogP contribution in [0.1, 0.15) is 40.3 Å². The van der Waals surface area contributed by atoms with Crippen LogP contribution in [0, 0.1) is 11.8 Å². The SMILES string of the molecule is CC(NC(=O)c1c(N)nn2cccnc12)c1nc2scc(C#Cc3ccncc3)n2c(=O)c1-c1ccccc1. The minimum Gasteiger partial charge on any atom is -0.381 e. The van der Waals surface area contributed by atoms with E-state index < -0.39 is 11.9 Å². The molecule has 1 aromatic carbocycles. The van der Waals surface area contributed by atoms with E-state index in [-0.39, 0.29) is 16.9 Å². The third kappa shape index (κ3) is 4.39. The Kier molecular flexibility index (Phi) is 6.07. The van der Waals surface area contributed by atoms with Crippen LogP contribution in [0.15, 0.2) is 83.5 Å². The summed E-state index contributed by atoms with van der Waals surface area (Å²) in [5.74, 6) is 5.74. The summed E-state index contributed by atoms with van der Waals surface area (Å²) in [5, 5.41) is 8.90. The minimum absolute atomic E-state index is 0.0563. The van der Waals surface area contributed by atoms with Crippen LogP contribution in [-0.4, -0.2) is 34.9 Å². The smallest absolute Gasteiger partial charge is 0.267 e. The summed E-state index contributed by atoms with van der Waals surface area (Å²) < 4.78 is 2.95. The number of carbonyl (C=O) groups is 1. The highest BCUT2D eigenvalue weighted by Crippen LogP contribution is 2.27. The molecule has 5 aromatic heterocycles. The molecule has 0 aliphatic rings. The molecule has 11 heteroatoms. The van der Waals surface area contributed by atoms with E-state index in [2.05, 4.69) is 32.2 Å². The Hall–Kier alpha value is -5.34. The van der Waals surface area contributed by atoms with Crippen LogP contribution in [0.25, 0.3) is 21.7 Å². The summed E-state index contributed by atoms with van der Waals surface area (Å²) in [7, 11) is 0. The van der Waals surface area contributed by atoms with Crippen LogP contribution in [0.2, 0.25) is 0 Å². The van der Waals surface area contributed by atoms with Gasteiger partial charge in [0.2, 0.25) is 0 Å². The topological polar surface area (TPSA) is 133 Å². The summed E-state index contributed by atoms with van der Waals surface area (Å²) in [6.45, 7) is 1.77. The molecular weight excluding hydrogens is 512 g/mol. The first-order valence-electron chi connectivity index (χ1n) is 11.9. The van der Waals surface area contributed by atoms with E-state index in [0.717, 1.165) is 5.56 Å². The van der Waals surface area contributed by atoms with Crippen LogP contribution in [0.3, 0.4) is 0 Å². The fourth-order valence-electron chi connectivity index (χ4n) is 4.28. The van der Waals surface area contributed by atoms with Crippen molar-refractivity contribution in [3.63, 3.8) is 0 Å². The molecule has 0 radical (unpaired) electrons. The zero-order valence-electron chi connectivity index (χ0n) is 20.6. The zero-order valence-corrected chi connectivity index (χ0v) is 21.4. The number of rotatable bonds is 4. The molecule has 1 atom stereocenters. The molecule has 0 aliphatic carbocycles. The third-order valence-electron chi connectivity index (χ3n) is 6.08. The summed E-state index contributed by atoms with van der Waals surface area (Å²) in [6, 6.07) is 13.9. The molecule has 190 valence electrons. The van der Waals surface area contributed by atoms with Gasteiger partial charge in [0.15, 0.2) is 16.4 Å². The molecule has 0 saturated carbocycles. The number of anilines is 1. The van der Waals surface area contributed by atoms with Crippen LogP contribution in [0.5, 0.6) is 0 Å². The van der Waals surface area contributed by atoms with Crippen molar-refractivity contribution in [3.05, 3.63) is 112 Å². The predicted octanol–water partition coefficient (Wildman–Crippen LogP) is 3.33. The second kappa shape index (κ2) is 9.85. The van der Waals surface area contributed by atoms with E-state index in [1.807, 2.05) is 30.3 Å². The number of benzene rings is 1. The summed E-state index contributed by atoms with van der Waals surface area (Å²) >= 11 is 1.30. The number of aromatic nitrogens is 6. The highest BCUT2D eigenvalue weighted by atomic mass is 32.1. The molecule has 0 aliphatic heterocycles. The van der Waals surface area contributed by atoms with E-state index in [4.69, 9.17) is 10.7 Å². The van der Waals surface area contributed by atoms with Gasteiger partial charge >= 0.3 is 0 Å². The normalized spacial score (nSPS) is 11.7. The molecule has 10 nitrogen and oxygen atoms in total. The molecule has 1 amide bonds. The number of amides is 1. The van der Waals surface area contributed by atoms with Crippen LogP contribution >= 0.6 is 11.3 Å². The van der Waals surface area contributed by atoms with E-state index in [1.54, 1.807) is 55.3 Å². The van der Waals surface area contributed by atoms with E-state index in [9.17, 15) is 9.59 Å². The van der Waals surface area contributed by atoms with Crippen molar-refractivity contribution in [3.8, 4) is 23.0 Å². The number of nitrogens with two attached hydrogens (primary N) is 1. The molecule has 6 aromatic rings. The number of hydrogen-bond acceptors (Lipinski definition) is 8. The van der Waals surface area contributed by atoms with Crippen LogP contribution < -0.4 is 16.6 Å². The Labute approximate surface area is 225 Å². The van der Waals surface area contributed by atoms with Crippen molar-refractivity contribution in [1.29, 1.82) is 0 Å². The number of carbonyl (C=O) groups excluding carboxylic acids is 1. The van der Waals surface area contributed by atoms with Gasteiger partial charge in [0, 0.05) is 35.7 Å². The Balaban J connectivity index is 1.45. The summed E-state index contributed by atoms with van der Waals surface area (Å²) in [6.07, 6.45) is 6.55. The lowest BCUT2D eigenvalue weighted by molar-refractivity contribution is 0.0941. The summed E-state index contributed by atoms with van der Waals surface area (Å²) in [5.41, 5.74) is 9.04. The molecule has 3 N–H and O–H groups in total. The number of fused-ring (bicyclic) bond motifs is 2. The van der Waals surface area contributed by atoms with Crippen molar-refractivity contribution in [1.82, 2.24) is 34.3 Å². The van der Waals surface area contributed by atoms with Crippen molar-refractivity contribution in [2.45, 2.75) is 13.0 Å². The first-order chi connectivity index (χ1) is 19.0. The van der Waals surface area contributed by atoms with Gasteiger partial charge in [0.1, 0.15) is 11.3 Å². The number of pyridine rings is 1. The average Bonchev–Trinajstić information content (AvgIpc) is 3.52. The van der Waals surface area contributed by atoms with Crippen molar-refractivity contribution < 1.29 is 4.79 Å². The number of hydrogen-bond donors (Lipinski definition) is 2. The highest BCUT2D eigenvalue weighted by Gasteiger charge is 2.25. The van der Waals surface area contributed by atoms with Gasteiger partial charge in [-0.15, -0.1) is 16.4 Å². The third-order valence-corrected chi connectivity index (χ3v) is 6.91. The standard InChI is InChI=1S/C28H20N8O2S/c1-17(32-26(37)22-24(29)34-35-15-5-12-31-25(22)35)23-21(19-6-3-2-4-7-19)27(38)36-20(16-39-28(36)33-23)9-8-18-10-13-30-14-11-18/h2-7,10-17H,1H3,(H2,29,34)(H,32,37). The predicted molar refractivity (Wildman–Crippen MR) is 148 cm³/mol. The zero-order chi connectivity index (χ0) is 26.9. The molecule has 5 heterocycles. The first-order valence-corrected chi connectivity index (χ1v) is 12.8. The largest absolute Gasteiger partial charge is 0.381 e. The van der Waals surface area contributed by atoms with Crippen LogP contribution in [0.4, 0.5) is 5.82 Å². The molecule has 0 bridgehead atoms. The molecule has 0 spiro atoms. The number of nitrogens with zero attached hydrogens (tertiary/aromatic N) is 6. The average molecular weight is 533 g/mol. The number of nitrogens with one attached hydrogen (secondary N) is 1. The van der Waals surface area contributed by atoms with Gasteiger partial charge in [-0.05, 0) is 36.6 Å². The molecular formula is C28H20N8O2S. The lowest BCUT2D eigenvalue weighted by Gasteiger charge is -2.17. The van der Waals surface area contributed by atoms with Gasteiger partial charge in [-0.25, -0.2) is 18.9 Å². The minimum atomic E-state index is -0.642. The maximum atomic E-state index is 14.0. The van der Waals surface area contributed by atoms with Gasteiger partial charge in [0.25, 0.3) is 11.5 Å². The van der Waals surface area contributed by atoms with Crippen LogP contribution in [-0.2, 0) is 0 Å². The Morgan fingerprint density at radius 1 is 1.08 bits per heavy atom. The first kappa shape index (κ1) is 24.0. The monoisotopic (exact) mass is 532 g/mol. The Morgan fingerprint density at radius 2 is 1.87 bits per heavy atom. The lowest BCUT2D eigenvalue weighted by atomic mass is 10.0. The Bertz CT molecular complexity index is 1970. The van der Waals surface area contributed by atoms with Gasteiger partial charge in [-0.1, -0.05) is 36.3 Å². The van der Waals surface area contributed by atoms with Crippen molar-refractivity contribution in [2.75, 3.05) is 5.73 Å². The maximum absolute atomic E-state index is 14.0. The molecule has 39 heavy (non-hydrogen) atoms. The number of nitrogen functional groups attached to an aromatic ring is 1. The fraction of sp³-hybridized carbons (Fsp3) is 0.0714. The van der Waals surface area contributed by atoms with Gasteiger partial charge in [0.05, 0.1) is 17.3 Å². The fourth-order valence-corrected chi connectivity index (χ4v) is 5.09. The highest BCUT2D eigenvalue weighted by molar-refractivity contribution is 7.15. The molecule has 0 saturated heterocycles. The van der Waals surface area contributed by atoms with Gasteiger partial charge in [-0.2, -0.15) is 0 Å². The quantitative estimate of drug-likeness (QED) is 0.333. The second-order valence-corrected chi connectivity index (χ2v) is 9.45. The van der Waals surface area contributed by atoms with Gasteiger partial charge in [-0.3, -0.25) is 14.6 Å². The summed E-state index contributed by atoms with van der Waals surface area (Å²) in [4.78, 5) is 40.9. The Morgan fingerprint density at radius 3 is 2.67 bits per heavy atom. The maximum Gasteiger partial charge on any atom is 0.267 e.